The van der Waals surface area contributed by atoms with Crippen LogP contribution in [-0.2, 0) is 0 Å². The van der Waals surface area contributed by atoms with Crippen molar-refractivity contribution in [2.75, 3.05) is 0 Å². The zero-order valence-electron chi connectivity index (χ0n) is 12.1. The fraction of sp³-hybridized carbons (Fsp3) is 0.438. The zero-order valence-corrected chi connectivity index (χ0v) is 14.2. The summed E-state index contributed by atoms with van der Waals surface area (Å²) in [7, 11) is 0. The molecule has 2 rings (SSSR count). The van der Waals surface area contributed by atoms with Gasteiger partial charge in [-0.15, -0.1) is 0 Å². The van der Waals surface area contributed by atoms with Crippen LogP contribution in [0.1, 0.15) is 43.5 Å². The molecular weight excluding hydrogens is 335 g/mol. The Hall–Kier alpha value is -1.33. The number of carbonyl (C=O) groups is 1. The van der Waals surface area contributed by atoms with Crippen molar-refractivity contribution < 1.29 is 13.6 Å². The predicted molar refractivity (Wildman–Crippen MR) is 81.1 cm³/mol. The average molecular weight is 353 g/mol. The van der Waals surface area contributed by atoms with Gasteiger partial charge in [0.05, 0.1) is 0 Å². The van der Waals surface area contributed by atoms with Gasteiger partial charge in [-0.05, 0) is 0 Å². The van der Waals surface area contributed by atoms with Crippen LogP contribution in [0.4, 0.5) is 8.78 Å². The molecule has 112 valence electrons. The summed E-state index contributed by atoms with van der Waals surface area (Å²) in [6, 6.07) is 2.18. The summed E-state index contributed by atoms with van der Waals surface area (Å²) < 4.78 is 28.2. The molecule has 0 bridgehead atoms. The van der Waals surface area contributed by atoms with E-state index >= 15 is 0 Å². The van der Waals surface area contributed by atoms with Crippen LogP contribution < -0.4 is 9.67 Å². The third-order valence-corrected chi connectivity index (χ3v) is 7.15. The first-order chi connectivity index (χ1) is 9.82. The molecule has 1 saturated carbocycles. The van der Waals surface area contributed by atoms with Crippen LogP contribution in [0.5, 0.6) is 0 Å². The average Bonchev–Trinajstić information content (AvgIpc) is 2.36. The monoisotopic (exact) mass is 353 g/mol. The molecule has 5 heteroatoms. The molecule has 0 heterocycles. The molecule has 1 aromatic rings. The number of terminal acetylenes is 1. The SMILES string of the molecule is C#CC(C)(C)NC(=O)c1cc(F)c(F)cc1[AsH]C1CCC1. The number of rotatable bonds is 4. The summed E-state index contributed by atoms with van der Waals surface area (Å²) in [6.07, 6.45) is 8.77. The van der Waals surface area contributed by atoms with Crippen LogP contribution in [0, 0.1) is 24.0 Å². The third-order valence-electron chi connectivity index (χ3n) is 3.56. The first-order valence-corrected chi connectivity index (χ1v) is 9.14. The van der Waals surface area contributed by atoms with Gasteiger partial charge in [0.25, 0.3) is 0 Å². The van der Waals surface area contributed by atoms with Crippen LogP contribution in [0.15, 0.2) is 12.1 Å². The van der Waals surface area contributed by atoms with Crippen molar-refractivity contribution in [3.63, 3.8) is 0 Å². The number of nitrogens with one attached hydrogen (secondary N) is 1. The van der Waals surface area contributed by atoms with Gasteiger partial charge in [0.15, 0.2) is 0 Å². The van der Waals surface area contributed by atoms with Crippen molar-refractivity contribution in [2.45, 2.75) is 43.4 Å². The van der Waals surface area contributed by atoms with Gasteiger partial charge in [0.2, 0.25) is 0 Å². The zero-order chi connectivity index (χ0) is 15.6. The molecule has 1 atom stereocenters. The van der Waals surface area contributed by atoms with Gasteiger partial charge in [-0.2, -0.15) is 0 Å². The topological polar surface area (TPSA) is 29.1 Å². The maximum absolute atomic E-state index is 13.5. The van der Waals surface area contributed by atoms with Crippen LogP contribution in [0.2, 0.25) is 4.71 Å². The summed E-state index contributed by atoms with van der Waals surface area (Å²) in [5, 5.41) is 2.67. The van der Waals surface area contributed by atoms with E-state index in [9.17, 15) is 13.6 Å². The number of halogens is 2. The van der Waals surface area contributed by atoms with E-state index in [2.05, 4.69) is 11.2 Å². The molecule has 0 spiro atoms. The Bertz CT molecular complexity index is 603. The van der Waals surface area contributed by atoms with E-state index < -0.39 is 38.8 Å². The van der Waals surface area contributed by atoms with E-state index in [1.165, 1.54) is 12.5 Å². The van der Waals surface area contributed by atoms with Crippen molar-refractivity contribution in [3.05, 3.63) is 29.3 Å². The fourth-order valence-corrected chi connectivity index (χ4v) is 5.56. The number of benzene rings is 1. The van der Waals surface area contributed by atoms with E-state index in [4.69, 9.17) is 6.42 Å². The molecule has 0 aromatic heterocycles. The number of hydrogen-bond donors (Lipinski definition) is 1. The second-order valence-electron chi connectivity index (χ2n) is 5.81. The normalized spacial score (nSPS) is 15.8. The predicted octanol–water partition coefficient (Wildman–Crippen LogP) is 2.14. The summed E-state index contributed by atoms with van der Waals surface area (Å²) in [5.74, 6) is 0.140. The summed E-state index contributed by atoms with van der Waals surface area (Å²) in [4.78, 5) is 12.3. The van der Waals surface area contributed by atoms with E-state index in [1.807, 2.05) is 0 Å². The van der Waals surface area contributed by atoms with Crippen LogP contribution in [-0.4, -0.2) is 27.2 Å². The Labute approximate surface area is 130 Å². The van der Waals surface area contributed by atoms with Crippen molar-refractivity contribution in [1.29, 1.82) is 0 Å². The third kappa shape index (κ3) is 3.86. The van der Waals surface area contributed by atoms with Crippen molar-refractivity contribution in [1.82, 2.24) is 5.32 Å². The number of hydrogen-bond acceptors (Lipinski definition) is 1. The molecule has 1 aromatic carbocycles. The van der Waals surface area contributed by atoms with Gasteiger partial charge in [-0.3, -0.25) is 0 Å². The molecule has 1 amide bonds. The Balaban J connectivity index is 2.29. The molecule has 1 N–H and O–H groups in total. The number of carbonyl (C=O) groups excluding carboxylic acids is 1. The van der Waals surface area contributed by atoms with Gasteiger partial charge < -0.3 is 0 Å². The number of amides is 1. The van der Waals surface area contributed by atoms with Crippen molar-refractivity contribution in [3.8, 4) is 12.3 Å². The molecule has 21 heavy (non-hydrogen) atoms. The first-order valence-electron chi connectivity index (χ1n) is 6.88. The van der Waals surface area contributed by atoms with Crippen molar-refractivity contribution >= 4 is 26.0 Å². The van der Waals surface area contributed by atoms with Gasteiger partial charge in [-0.1, -0.05) is 0 Å². The van der Waals surface area contributed by atoms with Gasteiger partial charge in [-0.25, -0.2) is 0 Å². The van der Waals surface area contributed by atoms with Gasteiger partial charge >= 0.3 is 130 Å². The molecule has 1 aliphatic rings. The van der Waals surface area contributed by atoms with Crippen LogP contribution >= 0.6 is 0 Å². The molecule has 0 radical (unpaired) electrons. The Morgan fingerprint density at radius 3 is 2.52 bits per heavy atom. The van der Waals surface area contributed by atoms with Gasteiger partial charge in [0, 0.05) is 0 Å². The van der Waals surface area contributed by atoms with E-state index in [0.717, 1.165) is 18.9 Å². The van der Waals surface area contributed by atoms with Crippen LogP contribution in [0.3, 0.4) is 0 Å². The first kappa shape index (κ1) is 16.0. The van der Waals surface area contributed by atoms with Crippen molar-refractivity contribution in [2.24, 2.45) is 0 Å². The van der Waals surface area contributed by atoms with E-state index in [0.29, 0.717) is 9.06 Å². The fourth-order valence-electron chi connectivity index (χ4n) is 2.01. The summed E-state index contributed by atoms with van der Waals surface area (Å²) in [5.41, 5.74) is -0.598. The Morgan fingerprint density at radius 1 is 1.38 bits per heavy atom. The second kappa shape index (κ2) is 6.20. The van der Waals surface area contributed by atoms with Gasteiger partial charge in [0.1, 0.15) is 0 Å². The Morgan fingerprint density at radius 2 is 2.00 bits per heavy atom. The maximum atomic E-state index is 13.5. The summed E-state index contributed by atoms with van der Waals surface area (Å²) in [6.45, 7) is 3.37. The summed E-state index contributed by atoms with van der Waals surface area (Å²) >= 11 is -0.650. The Kier molecular flexibility index (Phi) is 4.73. The molecule has 2 nitrogen and oxygen atoms in total. The molecule has 0 aliphatic heterocycles. The van der Waals surface area contributed by atoms with Crippen LogP contribution in [0.25, 0.3) is 0 Å². The molecule has 1 fully saturated rings. The molecule has 0 saturated heterocycles. The molecule has 1 unspecified atom stereocenters. The minimum atomic E-state index is -0.998. The quantitative estimate of drug-likeness (QED) is 0.652. The standard InChI is InChI=1S/C16H18AsF2NO/c1-4-16(2,3)20-15(21)11-8-13(18)14(19)9-12(11)17-10-6-5-7-10/h1,8-10,17H,5-7H2,2-3H3,(H,20,21). The van der Waals surface area contributed by atoms with E-state index in [1.54, 1.807) is 13.8 Å². The molecule has 1 aliphatic carbocycles. The second-order valence-corrected chi connectivity index (χ2v) is 9.26. The minimum absolute atomic E-state index is 0.226. The molecular formula is C16H18AsF2NO. The van der Waals surface area contributed by atoms with E-state index in [-0.39, 0.29) is 5.56 Å².